The highest BCUT2D eigenvalue weighted by Crippen LogP contribution is 2.25. The van der Waals surface area contributed by atoms with E-state index in [1.165, 1.54) is 6.07 Å². The lowest BCUT2D eigenvalue weighted by atomic mass is 10.2. The van der Waals surface area contributed by atoms with Gasteiger partial charge in [-0.3, -0.25) is 0 Å². The van der Waals surface area contributed by atoms with Gasteiger partial charge < -0.3 is 15.2 Å². The van der Waals surface area contributed by atoms with E-state index in [1.54, 1.807) is 13.0 Å². The summed E-state index contributed by atoms with van der Waals surface area (Å²) in [6.45, 7) is 4.68. The number of nitrogens with two attached hydrogens (primary N) is 1. The molecule has 1 aromatic heterocycles. The second kappa shape index (κ2) is 4.57. The number of nitrogens with zero attached hydrogens (tertiary/aromatic N) is 3. The Hall–Kier alpha value is -1.62. The van der Waals surface area contributed by atoms with E-state index in [0.29, 0.717) is 17.0 Å². The van der Waals surface area contributed by atoms with E-state index in [2.05, 4.69) is 16.8 Å². The van der Waals surface area contributed by atoms with Gasteiger partial charge in [0.15, 0.2) is 0 Å². The fraction of sp³-hybridized carbons (Fsp3) is 0.462. The van der Waals surface area contributed by atoms with Gasteiger partial charge in [-0.15, -0.1) is 0 Å². The minimum absolute atomic E-state index is 0.190. The molecule has 0 aliphatic rings. The number of imidazole rings is 1. The van der Waals surface area contributed by atoms with Crippen molar-refractivity contribution in [2.75, 3.05) is 26.4 Å². The summed E-state index contributed by atoms with van der Waals surface area (Å²) in [4.78, 5) is 6.32. The van der Waals surface area contributed by atoms with E-state index in [-0.39, 0.29) is 11.9 Å². The first-order valence-corrected chi connectivity index (χ1v) is 5.98. The quantitative estimate of drug-likeness (QED) is 0.908. The maximum Gasteiger partial charge on any atom is 0.201 e. The largest absolute Gasteiger partial charge is 0.369 e. The van der Waals surface area contributed by atoms with Crippen molar-refractivity contribution in [2.45, 2.75) is 19.9 Å². The number of halogens is 1. The van der Waals surface area contributed by atoms with Crippen LogP contribution in [0.25, 0.3) is 11.0 Å². The summed E-state index contributed by atoms with van der Waals surface area (Å²) in [7, 11) is 4.02. The number of fused-ring (bicyclic) bond motifs is 1. The summed E-state index contributed by atoms with van der Waals surface area (Å²) in [6.07, 6.45) is 0. The molecule has 0 fully saturated rings. The van der Waals surface area contributed by atoms with Gasteiger partial charge in [0.05, 0.1) is 11.0 Å². The molecule has 0 radical (unpaired) electrons. The zero-order chi connectivity index (χ0) is 13.4. The highest BCUT2D eigenvalue weighted by molar-refractivity contribution is 5.79. The zero-order valence-corrected chi connectivity index (χ0v) is 11.2. The number of likely N-dealkylation sites (N-methyl/N-ethyl adjacent to an activating group) is 1. The van der Waals surface area contributed by atoms with Crippen molar-refractivity contribution in [3.63, 3.8) is 0 Å². The van der Waals surface area contributed by atoms with E-state index in [1.807, 2.05) is 18.7 Å². The fourth-order valence-electron chi connectivity index (χ4n) is 2.31. The van der Waals surface area contributed by atoms with E-state index in [9.17, 15) is 4.39 Å². The van der Waals surface area contributed by atoms with E-state index in [4.69, 9.17) is 5.73 Å². The molecule has 0 saturated carbocycles. The van der Waals surface area contributed by atoms with Gasteiger partial charge in [0.2, 0.25) is 5.95 Å². The molecule has 1 unspecified atom stereocenters. The number of benzene rings is 1. The van der Waals surface area contributed by atoms with Gasteiger partial charge in [-0.05, 0) is 39.6 Å². The number of nitrogen functional groups attached to an aromatic ring is 1. The Morgan fingerprint density at radius 3 is 2.72 bits per heavy atom. The van der Waals surface area contributed by atoms with Crippen LogP contribution >= 0.6 is 0 Å². The molecule has 98 valence electrons. The van der Waals surface area contributed by atoms with Gasteiger partial charge in [-0.25, -0.2) is 9.37 Å². The molecule has 1 atom stereocenters. The Morgan fingerprint density at radius 1 is 1.44 bits per heavy atom. The van der Waals surface area contributed by atoms with Crippen molar-refractivity contribution < 1.29 is 4.39 Å². The number of anilines is 1. The lowest BCUT2D eigenvalue weighted by Crippen LogP contribution is -2.23. The van der Waals surface area contributed by atoms with Gasteiger partial charge in [0.1, 0.15) is 5.82 Å². The molecule has 0 saturated heterocycles. The van der Waals surface area contributed by atoms with Crippen LogP contribution in [0.15, 0.2) is 12.1 Å². The van der Waals surface area contributed by atoms with Crippen molar-refractivity contribution in [3.05, 3.63) is 23.5 Å². The van der Waals surface area contributed by atoms with Crippen molar-refractivity contribution in [1.29, 1.82) is 0 Å². The van der Waals surface area contributed by atoms with Gasteiger partial charge in [-0.1, -0.05) is 0 Å². The molecular formula is C13H19FN4. The molecular weight excluding hydrogens is 231 g/mol. The standard InChI is InChI=1S/C13H19FN4/c1-8-5-12-11(6-10(8)14)16-13(15)18(12)9(2)7-17(3)4/h5-6,9H,7H2,1-4H3,(H2,15,16). The number of aromatic nitrogens is 2. The van der Waals surface area contributed by atoms with Crippen LogP contribution in [0, 0.1) is 12.7 Å². The summed E-state index contributed by atoms with van der Waals surface area (Å²) < 4.78 is 15.5. The predicted molar refractivity (Wildman–Crippen MR) is 72.1 cm³/mol. The van der Waals surface area contributed by atoms with Crippen LogP contribution in [0.5, 0.6) is 0 Å². The molecule has 0 aliphatic heterocycles. The van der Waals surface area contributed by atoms with E-state index in [0.717, 1.165) is 12.1 Å². The number of hydrogen-bond acceptors (Lipinski definition) is 3. The van der Waals surface area contributed by atoms with Gasteiger partial charge >= 0.3 is 0 Å². The van der Waals surface area contributed by atoms with Crippen LogP contribution in [-0.4, -0.2) is 35.1 Å². The topological polar surface area (TPSA) is 47.1 Å². The van der Waals surface area contributed by atoms with Crippen molar-refractivity contribution >= 4 is 17.0 Å². The first-order chi connectivity index (χ1) is 8.40. The van der Waals surface area contributed by atoms with Crippen molar-refractivity contribution in [3.8, 4) is 0 Å². The maximum atomic E-state index is 13.5. The van der Waals surface area contributed by atoms with E-state index >= 15 is 0 Å². The highest BCUT2D eigenvalue weighted by atomic mass is 19.1. The Labute approximate surface area is 106 Å². The summed E-state index contributed by atoms with van der Waals surface area (Å²) in [6, 6.07) is 3.44. The van der Waals surface area contributed by atoms with Gasteiger partial charge in [0, 0.05) is 18.7 Å². The molecule has 0 aliphatic carbocycles. The Balaban J connectivity index is 2.56. The SMILES string of the molecule is Cc1cc2c(cc1F)nc(N)n2C(C)CN(C)C. The second-order valence-electron chi connectivity index (χ2n) is 5.04. The predicted octanol–water partition coefficient (Wildman–Crippen LogP) is 2.19. The normalized spacial score (nSPS) is 13.4. The third-order valence-electron chi connectivity index (χ3n) is 3.07. The molecule has 2 aromatic rings. The van der Waals surface area contributed by atoms with Gasteiger partial charge in [0.25, 0.3) is 0 Å². The van der Waals surface area contributed by atoms with Crippen LogP contribution in [0.3, 0.4) is 0 Å². The zero-order valence-electron chi connectivity index (χ0n) is 11.2. The van der Waals surface area contributed by atoms with Crippen LogP contribution in [-0.2, 0) is 0 Å². The molecule has 18 heavy (non-hydrogen) atoms. The first-order valence-electron chi connectivity index (χ1n) is 5.98. The number of hydrogen-bond donors (Lipinski definition) is 1. The van der Waals surface area contributed by atoms with Crippen LogP contribution in [0.4, 0.5) is 10.3 Å². The third kappa shape index (κ3) is 2.18. The lowest BCUT2D eigenvalue weighted by Gasteiger charge is -2.20. The first kappa shape index (κ1) is 12.8. The fourth-order valence-corrected chi connectivity index (χ4v) is 2.31. The molecule has 4 nitrogen and oxygen atoms in total. The summed E-state index contributed by atoms with van der Waals surface area (Å²) in [5.74, 6) is 0.191. The molecule has 1 aromatic carbocycles. The van der Waals surface area contributed by atoms with Crippen molar-refractivity contribution in [1.82, 2.24) is 14.5 Å². The Morgan fingerprint density at radius 2 is 2.11 bits per heavy atom. The van der Waals surface area contributed by atoms with Crippen LogP contribution in [0.2, 0.25) is 0 Å². The van der Waals surface area contributed by atoms with Crippen LogP contribution < -0.4 is 5.73 Å². The molecule has 2 N–H and O–H groups in total. The second-order valence-corrected chi connectivity index (χ2v) is 5.04. The maximum absolute atomic E-state index is 13.5. The minimum Gasteiger partial charge on any atom is -0.369 e. The molecule has 1 heterocycles. The minimum atomic E-state index is -0.243. The number of rotatable bonds is 3. The third-order valence-corrected chi connectivity index (χ3v) is 3.07. The average molecular weight is 250 g/mol. The van der Waals surface area contributed by atoms with Crippen LogP contribution in [0.1, 0.15) is 18.5 Å². The Kier molecular flexibility index (Phi) is 3.26. The monoisotopic (exact) mass is 250 g/mol. The average Bonchev–Trinajstić information content (AvgIpc) is 2.53. The number of aryl methyl sites for hydroxylation is 1. The summed E-state index contributed by atoms with van der Waals surface area (Å²) in [5, 5.41) is 0. The highest BCUT2D eigenvalue weighted by Gasteiger charge is 2.16. The van der Waals surface area contributed by atoms with E-state index < -0.39 is 0 Å². The molecule has 2 rings (SSSR count). The molecule has 0 amide bonds. The summed E-state index contributed by atoms with van der Waals surface area (Å²) >= 11 is 0. The molecule has 5 heteroatoms. The summed E-state index contributed by atoms with van der Waals surface area (Å²) in [5.41, 5.74) is 8.05. The smallest absolute Gasteiger partial charge is 0.201 e. The Bertz CT molecular complexity index is 574. The molecule has 0 spiro atoms. The molecule has 0 bridgehead atoms. The lowest BCUT2D eigenvalue weighted by molar-refractivity contribution is 0.342. The van der Waals surface area contributed by atoms with Crippen molar-refractivity contribution in [2.24, 2.45) is 0 Å². The van der Waals surface area contributed by atoms with Gasteiger partial charge in [-0.2, -0.15) is 0 Å².